The van der Waals surface area contributed by atoms with E-state index in [0.717, 1.165) is 58.5 Å². The summed E-state index contributed by atoms with van der Waals surface area (Å²) in [5.41, 5.74) is -0.260. The Morgan fingerprint density at radius 1 is 1.43 bits per heavy atom. The molecule has 3 atom stereocenters. The Bertz CT molecular complexity index is 354. The van der Waals surface area contributed by atoms with E-state index < -0.39 is 0 Å². The maximum absolute atomic E-state index is 9.70. The molecule has 0 bridgehead atoms. The van der Waals surface area contributed by atoms with E-state index in [4.69, 9.17) is 4.74 Å². The monoisotopic (exact) mass is 293 g/mol. The average molecular weight is 293 g/mol. The van der Waals surface area contributed by atoms with E-state index in [-0.39, 0.29) is 5.54 Å². The third-order valence-electron chi connectivity index (χ3n) is 5.30. The van der Waals surface area contributed by atoms with Crippen molar-refractivity contribution in [1.82, 2.24) is 10.2 Å². The minimum absolute atomic E-state index is 0.260. The van der Waals surface area contributed by atoms with Gasteiger partial charge in [0.15, 0.2) is 0 Å². The van der Waals surface area contributed by atoms with Gasteiger partial charge in [0.1, 0.15) is 5.54 Å². The number of ether oxygens (including phenoxy) is 1. The molecule has 0 amide bonds. The van der Waals surface area contributed by atoms with Crippen molar-refractivity contribution >= 4 is 0 Å². The van der Waals surface area contributed by atoms with Gasteiger partial charge in [-0.15, -0.1) is 0 Å². The van der Waals surface area contributed by atoms with E-state index >= 15 is 0 Å². The van der Waals surface area contributed by atoms with Crippen LogP contribution in [-0.4, -0.2) is 49.3 Å². The molecule has 1 heterocycles. The SMILES string of the molecule is CCCNC1(C#N)CCCC1CCN1CCOCC1CC. The molecular formula is C17H31N3O. The summed E-state index contributed by atoms with van der Waals surface area (Å²) < 4.78 is 5.58. The minimum Gasteiger partial charge on any atom is -0.378 e. The van der Waals surface area contributed by atoms with Gasteiger partial charge in [0.25, 0.3) is 0 Å². The van der Waals surface area contributed by atoms with Gasteiger partial charge in [-0.1, -0.05) is 20.3 Å². The highest BCUT2D eigenvalue weighted by atomic mass is 16.5. The fourth-order valence-electron chi connectivity index (χ4n) is 3.92. The van der Waals surface area contributed by atoms with Crippen molar-refractivity contribution in [2.24, 2.45) is 5.92 Å². The summed E-state index contributed by atoms with van der Waals surface area (Å²) in [5, 5.41) is 13.3. The molecule has 1 saturated carbocycles. The van der Waals surface area contributed by atoms with Crippen molar-refractivity contribution in [2.45, 2.75) is 64.0 Å². The maximum Gasteiger partial charge on any atom is 0.109 e. The summed E-state index contributed by atoms with van der Waals surface area (Å²) >= 11 is 0. The van der Waals surface area contributed by atoms with Gasteiger partial charge in [0, 0.05) is 12.6 Å². The van der Waals surface area contributed by atoms with Crippen LogP contribution in [-0.2, 0) is 4.74 Å². The molecule has 2 fully saturated rings. The second-order valence-corrected chi connectivity index (χ2v) is 6.56. The molecule has 1 saturated heterocycles. The van der Waals surface area contributed by atoms with Crippen LogP contribution in [0.1, 0.15) is 52.4 Å². The lowest BCUT2D eigenvalue weighted by atomic mass is 9.85. The van der Waals surface area contributed by atoms with Gasteiger partial charge in [-0.2, -0.15) is 5.26 Å². The molecule has 3 unspecified atom stereocenters. The maximum atomic E-state index is 9.70. The molecule has 4 nitrogen and oxygen atoms in total. The molecule has 0 aromatic rings. The first-order chi connectivity index (χ1) is 10.3. The van der Waals surface area contributed by atoms with E-state index in [2.05, 4.69) is 30.1 Å². The summed E-state index contributed by atoms with van der Waals surface area (Å²) in [6, 6.07) is 3.19. The molecule has 1 aliphatic heterocycles. The number of nitrogens with zero attached hydrogens (tertiary/aromatic N) is 2. The molecule has 0 spiro atoms. The van der Waals surface area contributed by atoms with Gasteiger partial charge in [-0.25, -0.2) is 0 Å². The fraction of sp³-hybridized carbons (Fsp3) is 0.941. The van der Waals surface area contributed by atoms with E-state index in [1.165, 1.54) is 12.8 Å². The van der Waals surface area contributed by atoms with Crippen molar-refractivity contribution in [2.75, 3.05) is 32.8 Å². The minimum atomic E-state index is -0.260. The van der Waals surface area contributed by atoms with Gasteiger partial charge in [-0.05, 0) is 51.1 Å². The van der Waals surface area contributed by atoms with Gasteiger partial charge in [-0.3, -0.25) is 10.2 Å². The van der Waals surface area contributed by atoms with Crippen LogP contribution < -0.4 is 5.32 Å². The van der Waals surface area contributed by atoms with Gasteiger partial charge >= 0.3 is 0 Å². The van der Waals surface area contributed by atoms with Crippen LogP contribution in [0.3, 0.4) is 0 Å². The smallest absolute Gasteiger partial charge is 0.109 e. The highest BCUT2D eigenvalue weighted by molar-refractivity contribution is 5.14. The standard InChI is InChI=1S/C17H31N3O/c1-3-9-19-17(14-18)8-5-6-15(17)7-10-20-11-12-21-13-16(20)4-2/h15-16,19H,3-13H2,1-2H3. The molecule has 0 aromatic carbocycles. The highest BCUT2D eigenvalue weighted by Crippen LogP contribution is 2.38. The van der Waals surface area contributed by atoms with Gasteiger partial charge in [0.2, 0.25) is 0 Å². The fourth-order valence-corrected chi connectivity index (χ4v) is 3.92. The Kier molecular flexibility index (Phi) is 6.47. The highest BCUT2D eigenvalue weighted by Gasteiger charge is 2.42. The van der Waals surface area contributed by atoms with Gasteiger partial charge in [0.05, 0.1) is 19.3 Å². The summed E-state index contributed by atoms with van der Waals surface area (Å²) in [5.74, 6) is 0.509. The van der Waals surface area contributed by atoms with Crippen molar-refractivity contribution in [3.63, 3.8) is 0 Å². The average Bonchev–Trinajstić information content (AvgIpc) is 2.94. The second kappa shape index (κ2) is 8.12. The third-order valence-corrected chi connectivity index (χ3v) is 5.30. The quantitative estimate of drug-likeness (QED) is 0.783. The summed E-state index contributed by atoms with van der Waals surface area (Å²) in [6.07, 6.45) is 6.80. The van der Waals surface area contributed by atoms with Crippen LogP contribution >= 0.6 is 0 Å². The zero-order valence-corrected chi connectivity index (χ0v) is 13.7. The number of morpholine rings is 1. The van der Waals surface area contributed by atoms with Crippen molar-refractivity contribution in [1.29, 1.82) is 5.26 Å². The van der Waals surface area contributed by atoms with Crippen LogP contribution in [0.5, 0.6) is 0 Å². The van der Waals surface area contributed by atoms with Crippen LogP contribution in [0.25, 0.3) is 0 Å². The normalized spacial score (nSPS) is 34.0. The predicted molar refractivity (Wildman–Crippen MR) is 85.1 cm³/mol. The number of rotatable bonds is 7. The predicted octanol–water partition coefficient (Wildman–Crippen LogP) is 2.55. The van der Waals surface area contributed by atoms with E-state index in [9.17, 15) is 5.26 Å². The first-order valence-electron chi connectivity index (χ1n) is 8.73. The van der Waals surface area contributed by atoms with E-state index in [1.807, 2.05) is 0 Å². The summed E-state index contributed by atoms with van der Waals surface area (Å²) in [4.78, 5) is 2.57. The van der Waals surface area contributed by atoms with Gasteiger partial charge < -0.3 is 4.74 Å². The summed E-state index contributed by atoms with van der Waals surface area (Å²) in [7, 11) is 0. The zero-order valence-electron chi connectivity index (χ0n) is 13.7. The molecular weight excluding hydrogens is 262 g/mol. The second-order valence-electron chi connectivity index (χ2n) is 6.56. The number of hydrogen-bond acceptors (Lipinski definition) is 4. The molecule has 0 radical (unpaired) electrons. The molecule has 120 valence electrons. The Morgan fingerprint density at radius 2 is 2.29 bits per heavy atom. The Morgan fingerprint density at radius 3 is 3.00 bits per heavy atom. The Hall–Kier alpha value is -0.630. The zero-order chi connectivity index (χ0) is 15.1. The number of nitrogens with one attached hydrogen (secondary N) is 1. The molecule has 1 aliphatic carbocycles. The number of nitriles is 1. The van der Waals surface area contributed by atoms with E-state index in [0.29, 0.717) is 12.0 Å². The van der Waals surface area contributed by atoms with Crippen molar-refractivity contribution in [3.05, 3.63) is 0 Å². The van der Waals surface area contributed by atoms with Crippen LogP contribution in [0, 0.1) is 17.2 Å². The van der Waals surface area contributed by atoms with Crippen LogP contribution in [0.2, 0.25) is 0 Å². The Labute approximate surface area is 129 Å². The van der Waals surface area contributed by atoms with Crippen LogP contribution in [0.15, 0.2) is 0 Å². The molecule has 4 heteroatoms. The molecule has 2 rings (SSSR count). The van der Waals surface area contributed by atoms with Crippen molar-refractivity contribution < 1.29 is 4.74 Å². The molecule has 1 N–H and O–H groups in total. The lowest BCUT2D eigenvalue weighted by molar-refractivity contribution is -0.0116. The topological polar surface area (TPSA) is 48.3 Å². The first kappa shape index (κ1) is 16.7. The Balaban J connectivity index is 1.90. The lowest BCUT2D eigenvalue weighted by Crippen LogP contribution is -2.50. The number of hydrogen-bond donors (Lipinski definition) is 1. The van der Waals surface area contributed by atoms with E-state index in [1.54, 1.807) is 0 Å². The lowest BCUT2D eigenvalue weighted by Gasteiger charge is -2.37. The molecule has 0 aromatic heterocycles. The van der Waals surface area contributed by atoms with Crippen molar-refractivity contribution in [3.8, 4) is 6.07 Å². The largest absolute Gasteiger partial charge is 0.378 e. The molecule has 21 heavy (non-hydrogen) atoms. The third kappa shape index (κ3) is 3.97. The first-order valence-corrected chi connectivity index (χ1v) is 8.73. The van der Waals surface area contributed by atoms with Crippen LogP contribution in [0.4, 0.5) is 0 Å². The summed E-state index contributed by atoms with van der Waals surface area (Å²) in [6.45, 7) is 9.26. The molecule has 2 aliphatic rings.